The Morgan fingerprint density at radius 1 is 1.35 bits per heavy atom. The smallest absolute Gasteiger partial charge is 0.409 e. The summed E-state index contributed by atoms with van der Waals surface area (Å²) in [5.41, 5.74) is 0. The van der Waals surface area contributed by atoms with Crippen LogP contribution in [0.15, 0.2) is 4.99 Å². The molecule has 0 aromatic heterocycles. The fraction of sp³-hybridized carbons (Fsp3) is 0.875. The highest BCUT2D eigenvalue weighted by Crippen LogP contribution is 2.21. The van der Waals surface area contributed by atoms with E-state index < -0.39 is 0 Å². The van der Waals surface area contributed by atoms with Crippen molar-refractivity contribution < 1.29 is 9.53 Å². The molecule has 0 radical (unpaired) electrons. The first kappa shape index (κ1) is 19.9. The molecule has 1 amide bonds. The van der Waals surface area contributed by atoms with Crippen LogP contribution in [0.1, 0.15) is 40.5 Å². The van der Waals surface area contributed by atoms with Gasteiger partial charge >= 0.3 is 6.09 Å². The molecule has 0 bridgehead atoms. The van der Waals surface area contributed by atoms with Gasteiger partial charge in [-0.2, -0.15) is 11.8 Å². The van der Waals surface area contributed by atoms with Crippen molar-refractivity contribution in [2.45, 2.75) is 51.3 Å². The zero-order valence-corrected chi connectivity index (χ0v) is 16.0. The van der Waals surface area contributed by atoms with Crippen LogP contribution in [-0.4, -0.2) is 66.8 Å². The van der Waals surface area contributed by atoms with Crippen LogP contribution in [0, 0.1) is 0 Å². The number of nitrogens with zero attached hydrogens (tertiary/aromatic N) is 2. The molecule has 0 aromatic rings. The normalized spacial score (nSPS) is 17.1. The highest BCUT2D eigenvalue weighted by molar-refractivity contribution is 7.99. The van der Waals surface area contributed by atoms with E-state index in [1.54, 1.807) is 4.90 Å². The number of rotatable bonds is 6. The van der Waals surface area contributed by atoms with Crippen LogP contribution < -0.4 is 10.6 Å². The van der Waals surface area contributed by atoms with Gasteiger partial charge in [-0.15, -0.1) is 0 Å². The van der Waals surface area contributed by atoms with Gasteiger partial charge in [-0.3, -0.25) is 4.99 Å². The summed E-state index contributed by atoms with van der Waals surface area (Å²) in [6.45, 7) is 11.8. The predicted molar refractivity (Wildman–Crippen MR) is 98.3 cm³/mol. The van der Waals surface area contributed by atoms with Gasteiger partial charge in [0, 0.05) is 30.4 Å². The molecule has 0 unspecified atom stereocenters. The molecule has 1 heterocycles. The number of aliphatic imine (C=N–C) groups is 1. The van der Waals surface area contributed by atoms with E-state index in [1.165, 1.54) is 0 Å². The fourth-order valence-corrected chi connectivity index (χ4v) is 2.46. The van der Waals surface area contributed by atoms with E-state index in [9.17, 15) is 4.79 Å². The third-order valence-electron chi connectivity index (χ3n) is 3.88. The fourth-order valence-electron chi connectivity index (χ4n) is 2.27. The summed E-state index contributed by atoms with van der Waals surface area (Å²) in [4.78, 5) is 18.2. The number of thioether (sulfide) groups is 1. The van der Waals surface area contributed by atoms with Crippen LogP contribution in [0.4, 0.5) is 4.79 Å². The number of guanidine groups is 1. The number of likely N-dealkylation sites (tertiary alicyclic amines) is 1. The molecule has 6 nitrogen and oxygen atoms in total. The molecule has 1 rings (SSSR count). The van der Waals surface area contributed by atoms with Gasteiger partial charge in [0.05, 0.1) is 13.2 Å². The number of ether oxygens (including phenoxy) is 1. The van der Waals surface area contributed by atoms with E-state index in [0.717, 1.165) is 45.0 Å². The predicted octanol–water partition coefficient (Wildman–Crippen LogP) is 2.30. The van der Waals surface area contributed by atoms with Gasteiger partial charge in [0.25, 0.3) is 0 Å². The average Bonchev–Trinajstić information content (AvgIpc) is 2.54. The molecule has 0 aromatic carbocycles. The summed E-state index contributed by atoms with van der Waals surface area (Å²) in [6.07, 6.45) is 3.74. The molecule has 0 atom stereocenters. The standard InChI is InChI=1S/C16H32N4O2S/c1-6-17-14(18-12-16(3,4)23-5)19-13-8-10-20(11-9-13)15(21)22-7-2/h13H,6-12H2,1-5H3,(H2,17,18,19). The van der Waals surface area contributed by atoms with Crippen LogP contribution in [0.5, 0.6) is 0 Å². The van der Waals surface area contributed by atoms with Gasteiger partial charge in [0.2, 0.25) is 0 Å². The van der Waals surface area contributed by atoms with Gasteiger partial charge in [0.1, 0.15) is 0 Å². The molecule has 7 heteroatoms. The molecule has 23 heavy (non-hydrogen) atoms. The summed E-state index contributed by atoms with van der Waals surface area (Å²) < 4.78 is 5.19. The zero-order chi connectivity index (χ0) is 17.3. The van der Waals surface area contributed by atoms with Crippen molar-refractivity contribution in [2.75, 3.05) is 39.0 Å². The van der Waals surface area contributed by atoms with Crippen molar-refractivity contribution in [2.24, 2.45) is 4.99 Å². The summed E-state index contributed by atoms with van der Waals surface area (Å²) in [5, 5.41) is 6.80. The molecule has 1 saturated heterocycles. The molecule has 0 aliphatic carbocycles. The van der Waals surface area contributed by atoms with Gasteiger partial charge in [-0.05, 0) is 46.8 Å². The molecule has 1 aliphatic heterocycles. The lowest BCUT2D eigenvalue weighted by atomic mass is 10.1. The molecule has 134 valence electrons. The van der Waals surface area contributed by atoms with Gasteiger partial charge in [-0.1, -0.05) is 0 Å². The first-order chi connectivity index (χ1) is 10.9. The van der Waals surface area contributed by atoms with Gasteiger partial charge < -0.3 is 20.3 Å². The number of piperidine rings is 1. The maximum absolute atomic E-state index is 11.7. The Labute approximate surface area is 144 Å². The summed E-state index contributed by atoms with van der Waals surface area (Å²) >= 11 is 1.82. The first-order valence-corrected chi connectivity index (χ1v) is 9.66. The first-order valence-electron chi connectivity index (χ1n) is 8.43. The second-order valence-electron chi connectivity index (χ2n) is 6.26. The van der Waals surface area contributed by atoms with E-state index in [1.807, 2.05) is 18.7 Å². The van der Waals surface area contributed by atoms with Crippen molar-refractivity contribution in [3.05, 3.63) is 0 Å². The van der Waals surface area contributed by atoms with Crippen molar-refractivity contribution in [1.82, 2.24) is 15.5 Å². The minimum atomic E-state index is -0.201. The van der Waals surface area contributed by atoms with E-state index in [-0.39, 0.29) is 10.8 Å². The highest BCUT2D eigenvalue weighted by atomic mass is 32.2. The third-order valence-corrected chi connectivity index (χ3v) is 5.11. The molecule has 2 N–H and O–H groups in total. The van der Waals surface area contributed by atoms with Crippen molar-refractivity contribution in [3.63, 3.8) is 0 Å². The van der Waals surface area contributed by atoms with E-state index >= 15 is 0 Å². The molecule has 1 fully saturated rings. The second kappa shape index (κ2) is 9.90. The lowest BCUT2D eigenvalue weighted by molar-refractivity contribution is 0.0963. The largest absolute Gasteiger partial charge is 0.450 e. The van der Waals surface area contributed by atoms with Crippen LogP contribution in [0.25, 0.3) is 0 Å². The number of hydrogen-bond donors (Lipinski definition) is 2. The van der Waals surface area contributed by atoms with Gasteiger partial charge in [-0.25, -0.2) is 4.79 Å². The second-order valence-corrected chi connectivity index (χ2v) is 7.78. The minimum absolute atomic E-state index is 0.135. The Hall–Kier alpha value is -1.11. The van der Waals surface area contributed by atoms with E-state index in [0.29, 0.717) is 12.6 Å². The van der Waals surface area contributed by atoms with Crippen LogP contribution in [0.2, 0.25) is 0 Å². The van der Waals surface area contributed by atoms with Crippen molar-refractivity contribution in [1.29, 1.82) is 0 Å². The van der Waals surface area contributed by atoms with Crippen molar-refractivity contribution >= 4 is 23.8 Å². The number of nitrogens with one attached hydrogen (secondary N) is 2. The molecular formula is C16H32N4O2S. The highest BCUT2D eigenvalue weighted by Gasteiger charge is 2.24. The Kier molecular flexibility index (Phi) is 8.58. The lowest BCUT2D eigenvalue weighted by Crippen LogP contribution is -2.50. The molecular weight excluding hydrogens is 312 g/mol. The zero-order valence-electron chi connectivity index (χ0n) is 15.1. The number of carbonyl (C=O) groups excluding carboxylic acids is 1. The monoisotopic (exact) mass is 344 g/mol. The Bertz CT molecular complexity index is 394. The average molecular weight is 345 g/mol. The maximum atomic E-state index is 11.7. The quantitative estimate of drug-likeness (QED) is 0.572. The maximum Gasteiger partial charge on any atom is 0.409 e. The van der Waals surface area contributed by atoms with Crippen LogP contribution in [-0.2, 0) is 4.74 Å². The Morgan fingerprint density at radius 2 is 2.00 bits per heavy atom. The topological polar surface area (TPSA) is 66.0 Å². The third kappa shape index (κ3) is 7.33. The van der Waals surface area contributed by atoms with Crippen LogP contribution >= 0.6 is 11.8 Å². The number of hydrogen-bond acceptors (Lipinski definition) is 4. The van der Waals surface area contributed by atoms with Crippen molar-refractivity contribution in [3.8, 4) is 0 Å². The van der Waals surface area contributed by atoms with Crippen LogP contribution in [0.3, 0.4) is 0 Å². The molecule has 0 saturated carbocycles. The van der Waals surface area contributed by atoms with E-state index in [4.69, 9.17) is 9.73 Å². The Balaban J connectivity index is 2.49. The summed E-state index contributed by atoms with van der Waals surface area (Å²) in [7, 11) is 0. The van der Waals surface area contributed by atoms with Gasteiger partial charge in [0.15, 0.2) is 5.96 Å². The lowest BCUT2D eigenvalue weighted by Gasteiger charge is -2.32. The molecule has 0 spiro atoms. The summed E-state index contributed by atoms with van der Waals surface area (Å²) in [5.74, 6) is 0.865. The Morgan fingerprint density at radius 3 is 2.52 bits per heavy atom. The van der Waals surface area contributed by atoms with E-state index in [2.05, 4.69) is 37.7 Å². The number of carbonyl (C=O) groups is 1. The SMILES string of the molecule is CCNC(=NCC(C)(C)SC)NC1CCN(C(=O)OCC)CC1. The number of amides is 1. The molecule has 1 aliphatic rings. The summed E-state index contributed by atoms with van der Waals surface area (Å²) in [6, 6.07) is 0.343. The minimum Gasteiger partial charge on any atom is -0.450 e.